The second kappa shape index (κ2) is 5.17. The highest BCUT2D eigenvalue weighted by molar-refractivity contribution is 6.03. The molecule has 100 valence electrons. The van der Waals surface area contributed by atoms with Crippen molar-refractivity contribution in [2.24, 2.45) is 0 Å². The predicted octanol–water partition coefficient (Wildman–Crippen LogP) is 2.98. The van der Waals surface area contributed by atoms with Crippen LogP contribution in [-0.4, -0.2) is 20.6 Å². The summed E-state index contributed by atoms with van der Waals surface area (Å²) >= 11 is 0. The van der Waals surface area contributed by atoms with Crippen molar-refractivity contribution < 1.29 is 9.90 Å². The number of aryl methyl sites for hydroxylation is 2. The van der Waals surface area contributed by atoms with Crippen LogP contribution in [-0.2, 0) is 13.0 Å². The van der Waals surface area contributed by atoms with Gasteiger partial charge in [0.2, 0.25) is 0 Å². The molecule has 0 atom stereocenters. The lowest BCUT2D eigenvalue weighted by atomic mass is 10.2. The normalized spacial score (nSPS) is 10.8. The van der Waals surface area contributed by atoms with Crippen molar-refractivity contribution >= 4 is 16.9 Å². The minimum absolute atomic E-state index is 0.354. The molecule has 3 aromatic rings. The molecule has 0 unspecified atom stereocenters. The number of fused-ring (bicyclic) bond motifs is 1. The molecule has 1 N–H and O–H groups in total. The Morgan fingerprint density at radius 3 is 2.80 bits per heavy atom. The van der Waals surface area contributed by atoms with Crippen LogP contribution in [0.5, 0.6) is 0 Å². The molecule has 4 heteroatoms. The second-order valence-electron chi connectivity index (χ2n) is 4.67. The molecule has 2 heterocycles. The summed E-state index contributed by atoms with van der Waals surface area (Å²) in [5.41, 5.74) is 2.45. The quantitative estimate of drug-likeness (QED) is 0.789. The van der Waals surface area contributed by atoms with Crippen molar-refractivity contribution in [2.45, 2.75) is 13.0 Å². The standard InChI is InChI=1S/C16H14N2O2/c19-16(20)14-11-18(15-6-2-1-5-13(14)15)9-7-12-4-3-8-17-10-12/h1-6,8,10-11H,7,9H2,(H,19,20). The van der Waals surface area contributed by atoms with E-state index in [-0.39, 0.29) is 0 Å². The molecule has 0 aliphatic heterocycles. The van der Waals surface area contributed by atoms with Crippen LogP contribution in [0.15, 0.2) is 55.0 Å². The number of nitrogens with zero attached hydrogens (tertiary/aromatic N) is 2. The zero-order valence-electron chi connectivity index (χ0n) is 10.9. The van der Waals surface area contributed by atoms with Gasteiger partial charge in [-0.15, -0.1) is 0 Å². The van der Waals surface area contributed by atoms with Crippen LogP contribution in [0.3, 0.4) is 0 Å². The SMILES string of the molecule is O=C(O)c1cn(CCc2cccnc2)c2ccccc12. The van der Waals surface area contributed by atoms with E-state index in [1.807, 2.05) is 47.2 Å². The molecule has 0 saturated heterocycles. The van der Waals surface area contributed by atoms with Gasteiger partial charge in [-0.2, -0.15) is 0 Å². The Morgan fingerprint density at radius 1 is 1.20 bits per heavy atom. The molecule has 0 aliphatic rings. The van der Waals surface area contributed by atoms with Gasteiger partial charge < -0.3 is 9.67 Å². The van der Waals surface area contributed by atoms with Gasteiger partial charge in [-0.3, -0.25) is 4.98 Å². The number of aromatic carboxylic acids is 1. The first kappa shape index (κ1) is 12.4. The number of para-hydroxylation sites is 1. The third kappa shape index (κ3) is 2.28. The highest BCUT2D eigenvalue weighted by Crippen LogP contribution is 2.21. The van der Waals surface area contributed by atoms with E-state index in [0.29, 0.717) is 5.56 Å². The smallest absolute Gasteiger partial charge is 0.337 e. The summed E-state index contributed by atoms with van der Waals surface area (Å²) in [6, 6.07) is 11.5. The lowest BCUT2D eigenvalue weighted by Crippen LogP contribution is -2.00. The van der Waals surface area contributed by atoms with Crippen LogP contribution in [0, 0.1) is 0 Å². The minimum atomic E-state index is -0.888. The molecule has 0 aliphatic carbocycles. The number of rotatable bonds is 4. The fraction of sp³-hybridized carbons (Fsp3) is 0.125. The topological polar surface area (TPSA) is 55.1 Å². The molecule has 0 amide bonds. The Bertz CT molecular complexity index is 748. The van der Waals surface area contributed by atoms with Crippen LogP contribution in [0.2, 0.25) is 0 Å². The molecule has 0 fully saturated rings. The van der Waals surface area contributed by atoms with Crippen molar-refractivity contribution in [3.8, 4) is 0 Å². The molecule has 20 heavy (non-hydrogen) atoms. The summed E-state index contributed by atoms with van der Waals surface area (Å²) in [6.07, 6.45) is 6.12. The Hall–Kier alpha value is -2.62. The maximum atomic E-state index is 11.3. The molecule has 0 saturated carbocycles. The summed E-state index contributed by atoms with van der Waals surface area (Å²) in [4.78, 5) is 15.4. The van der Waals surface area contributed by atoms with Crippen LogP contribution in [0.1, 0.15) is 15.9 Å². The van der Waals surface area contributed by atoms with E-state index >= 15 is 0 Å². The third-order valence-electron chi connectivity index (χ3n) is 3.38. The molecule has 3 rings (SSSR count). The minimum Gasteiger partial charge on any atom is -0.478 e. The largest absolute Gasteiger partial charge is 0.478 e. The molecule has 0 radical (unpaired) electrons. The predicted molar refractivity (Wildman–Crippen MR) is 76.8 cm³/mol. The highest BCUT2D eigenvalue weighted by atomic mass is 16.4. The number of pyridine rings is 1. The van der Waals surface area contributed by atoms with Crippen molar-refractivity contribution in [3.63, 3.8) is 0 Å². The Labute approximate surface area is 116 Å². The molecular formula is C16H14N2O2. The van der Waals surface area contributed by atoms with E-state index in [9.17, 15) is 9.90 Å². The number of hydrogen-bond donors (Lipinski definition) is 1. The molecular weight excluding hydrogens is 252 g/mol. The number of carbonyl (C=O) groups is 1. The van der Waals surface area contributed by atoms with E-state index in [1.54, 1.807) is 12.4 Å². The maximum Gasteiger partial charge on any atom is 0.337 e. The van der Waals surface area contributed by atoms with Gasteiger partial charge in [-0.05, 0) is 24.1 Å². The summed E-state index contributed by atoms with van der Waals surface area (Å²) in [5, 5.41) is 10.0. The summed E-state index contributed by atoms with van der Waals surface area (Å²) in [7, 11) is 0. The Kier molecular flexibility index (Phi) is 3.21. The number of benzene rings is 1. The van der Waals surface area contributed by atoms with Gasteiger partial charge in [0.15, 0.2) is 0 Å². The second-order valence-corrected chi connectivity index (χ2v) is 4.67. The van der Waals surface area contributed by atoms with E-state index in [1.165, 1.54) is 0 Å². The zero-order chi connectivity index (χ0) is 13.9. The fourth-order valence-corrected chi connectivity index (χ4v) is 2.40. The summed E-state index contributed by atoms with van der Waals surface area (Å²) in [5.74, 6) is -0.888. The highest BCUT2D eigenvalue weighted by Gasteiger charge is 2.13. The summed E-state index contributed by atoms with van der Waals surface area (Å²) in [6.45, 7) is 0.736. The van der Waals surface area contributed by atoms with Gasteiger partial charge in [-0.1, -0.05) is 24.3 Å². The van der Waals surface area contributed by atoms with E-state index in [0.717, 1.165) is 29.4 Å². The zero-order valence-corrected chi connectivity index (χ0v) is 10.9. The molecule has 2 aromatic heterocycles. The van der Waals surface area contributed by atoms with Gasteiger partial charge >= 0.3 is 5.97 Å². The summed E-state index contributed by atoms with van der Waals surface area (Å²) < 4.78 is 1.99. The molecule has 1 aromatic carbocycles. The van der Waals surface area contributed by atoms with Crippen molar-refractivity contribution in [3.05, 3.63) is 66.1 Å². The van der Waals surface area contributed by atoms with Crippen molar-refractivity contribution in [1.82, 2.24) is 9.55 Å². The lowest BCUT2D eigenvalue weighted by molar-refractivity contribution is 0.0699. The first-order chi connectivity index (χ1) is 9.75. The Morgan fingerprint density at radius 2 is 2.05 bits per heavy atom. The first-order valence-electron chi connectivity index (χ1n) is 6.46. The number of carboxylic acid groups (broad SMARTS) is 1. The maximum absolute atomic E-state index is 11.3. The van der Waals surface area contributed by atoms with Gasteiger partial charge in [-0.25, -0.2) is 4.79 Å². The van der Waals surface area contributed by atoms with E-state index in [4.69, 9.17) is 0 Å². The third-order valence-corrected chi connectivity index (χ3v) is 3.38. The van der Waals surface area contributed by atoms with Crippen LogP contribution in [0.25, 0.3) is 10.9 Å². The monoisotopic (exact) mass is 266 g/mol. The molecule has 0 spiro atoms. The lowest BCUT2D eigenvalue weighted by Gasteiger charge is -2.05. The van der Waals surface area contributed by atoms with Crippen molar-refractivity contribution in [2.75, 3.05) is 0 Å². The number of carboxylic acids is 1. The van der Waals surface area contributed by atoms with Gasteiger partial charge in [0.25, 0.3) is 0 Å². The van der Waals surface area contributed by atoms with Crippen LogP contribution < -0.4 is 0 Å². The molecule has 0 bridgehead atoms. The molecule has 4 nitrogen and oxygen atoms in total. The van der Waals surface area contributed by atoms with E-state index in [2.05, 4.69) is 4.98 Å². The average Bonchev–Trinajstić information content (AvgIpc) is 2.85. The number of aromatic nitrogens is 2. The van der Waals surface area contributed by atoms with Gasteiger partial charge in [0.05, 0.1) is 5.56 Å². The average molecular weight is 266 g/mol. The number of hydrogen-bond acceptors (Lipinski definition) is 2. The fourth-order valence-electron chi connectivity index (χ4n) is 2.40. The van der Waals surface area contributed by atoms with Gasteiger partial charge in [0, 0.05) is 36.0 Å². The van der Waals surface area contributed by atoms with Gasteiger partial charge in [0.1, 0.15) is 0 Å². The van der Waals surface area contributed by atoms with Crippen LogP contribution in [0.4, 0.5) is 0 Å². The van der Waals surface area contributed by atoms with Crippen LogP contribution >= 0.6 is 0 Å². The first-order valence-corrected chi connectivity index (χ1v) is 6.46. The van der Waals surface area contributed by atoms with E-state index < -0.39 is 5.97 Å². The van der Waals surface area contributed by atoms with Crippen molar-refractivity contribution in [1.29, 1.82) is 0 Å². The Balaban J connectivity index is 1.94.